The van der Waals surface area contributed by atoms with Gasteiger partial charge in [0.1, 0.15) is 11.2 Å². The summed E-state index contributed by atoms with van der Waals surface area (Å²) in [6, 6.07) is 10.2. The van der Waals surface area contributed by atoms with Gasteiger partial charge in [-0.2, -0.15) is 0 Å². The van der Waals surface area contributed by atoms with Gasteiger partial charge >= 0.3 is 0 Å². The van der Waals surface area contributed by atoms with Gasteiger partial charge in [0.2, 0.25) is 0 Å². The minimum atomic E-state index is -0.230. The molecule has 0 amide bonds. The summed E-state index contributed by atoms with van der Waals surface area (Å²) in [6.07, 6.45) is 6.67. The first kappa shape index (κ1) is 17.9. The summed E-state index contributed by atoms with van der Waals surface area (Å²) < 4.78 is 4.57. The lowest BCUT2D eigenvalue weighted by Gasteiger charge is -2.12. The second-order valence-corrected chi connectivity index (χ2v) is 6.62. The van der Waals surface area contributed by atoms with Gasteiger partial charge in [0.25, 0.3) is 11.1 Å². The average Bonchev–Trinajstić information content (AvgIpc) is 3.00. The van der Waals surface area contributed by atoms with Gasteiger partial charge in [-0.25, -0.2) is 24.3 Å². The molecule has 9 heteroatoms. The number of fused-ring (bicyclic) bond motifs is 1. The van der Waals surface area contributed by atoms with Crippen molar-refractivity contribution in [3.05, 3.63) is 82.2 Å². The second-order valence-electron chi connectivity index (χ2n) is 5.84. The van der Waals surface area contributed by atoms with E-state index in [-0.39, 0.29) is 17.7 Å². The standard InChI is InChI=1S/C19H16N6O2S/c1-3-10-24-18(27)13-12-20-19(28-2)22-17(13)25(24)15-8-6-7-14(21-15)23-11-5-4-9-16(23)26/h3-9,11-12H,1,10H2,2H3. The predicted octanol–water partition coefficient (Wildman–Crippen LogP) is 2.04. The third kappa shape index (κ3) is 2.95. The minimum Gasteiger partial charge on any atom is -0.269 e. The van der Waals surface area contributed by atoms with Crippen LogP contribution in [0, 0.1) is 0 Å². The molecule has 140 valence electrons. The van der Waals surface area contributed by atoms with Crippen molar-refractivity contribution in [2.24, 2.45) is 0 Å². The number of aromatic nitrogens is 6. The van der Waals surface area contributed by atoms with Crippen LogP contribution in [0.2, 0.25) is 0 Å². The molecule has 4 aromatic heterocycles. The van der Waals surface area contributed by atoms with Gasteiger partial charge in [0.15, 0.2) is 16.6 Å². The molecule has 8 nitrogen and oxygen atoms in total. The van der Waals surface area contributed by atoms with Crippen molar-refractivity contribution >= 4 is 22.8 Å². The van der Waals surface area contributed by atoms with Crippen LogP contribution in [0.1, 0.15) is 0 Å². The van der Waals surface area contributed by atoms with Gasteiger partial charge < -0.3 is 0 Å². The first-order chi connectivity index (χ1) is 13.6. The zero-order valence-corrected chi connectivity index (χ0v) is 15.8. The Kier molecular flexibility index (Phi) is 4.66. The topological polar surface area (TPSA) is 87.6 Å². The van der Waals surface area contributed by atoms with E-state index < -0.39 is 0 Å². The van der Waals surface area contributed by atoms with Crippen LogP contribution in [-0.4, -0.2) is 35.1 Å². The normalized spacial score (nSPS) is 11.0. The lowest BCUT2D eigenvalue weighted by Crippen LogP contribution is -2.23. The molecule has 0 aliphatic heterocycles. The highest BCUT2D eigenvalue weighted by Gasteiger charge is 2.18. The molecule has 0 fully saturated rings. The molecule has 0 aliphatic carbocycles. The maximum atomic E-state index is 12.8. The fourth-order valence-corrected chi connectivity index (χ4v) is 3.25. The van der Waals surface area contributed by atoms with Crippen LogP contribution in [-0.2, 0) is 6.54 Å². The van der Waals surface area contributed by atoms with Crippen LogP contribution in [0.15, 0.2) is 76.2 Å². The Hall–Kier alpha value is -3.46. The number of allylic oxidation sites excluding steroid dienone is 1. The fourth-order valence-electron chi connectivity index (χ4n) is 2.91. The number of rotatable bonds is 5. The van der Waals surface area contributed by atoms with Crippen LogP contribution in [0.3, 0.4) is 0 Å². The van der Waals surface area contributed by atoms with Crippen molar-refractivity contribution in [3.63, 3.8) is 0 Å². The van der Waals surface area contributed by atoms with Crippen LogP contribution in [0.5, 0.6) is 0 Å². The Morgan fingerprint density at radius 3 is 2.68 bits per heavy atom. The summed E-state index contributed by atoms with van der Waals surface area (Å²) in [5, 5.41) is 0.941. The molecule has 4 rings (SSSR count). The second kappa shape index (κ2) is 7.28. The Balaban J connectivity index is 2.01. The van der Waals surface area contributed by atoms with Crippen molar-refractivity contribution in [3.8, 4) is 11.6 Å². The lowest BCUT2D eigenvalue weighted by atomic mass is 10.4. The lowest BCUT2D eigenvalue weighted by molar-refractivity contribution is 0.595. The van der Waals surface area contributed by atoms with Crippen LogP contribution >= 0.6 is 11.8 Å². The van der Waals surface area contributed by atoms with Gasteiger partial charge in [-0.05, 0) is 24.5 Å². The molecular weight excluding hydrogens is 376 g/mol. The fraction of sp³-hybridized carbons (Fsp3) is 0.105. The molecule has 0 atom stereocenters. The minimum absolute atomic E-state index is 0.194. The van der Waals surface area contributed by atoms with Gasteiger partial charge in [0.05, 0.1) is 6.54 Å². The van der Waals surface area contributed by atoms with Crippen LogP contribution in [0.25, 0.3) is 22.7 Å². The first-order valence-electron chi connectivity index (χ1n) is 8.43. The highest BCUT2D eigenvalue weighted by Crippen LogP contribution is 2.18. The van der Waals surface area contributed by atoms with E-state index in [0.717, 1.165) is 0 Å². The van der Waals surface area contributed by atoms with Crippen molar-refractivity contribution in [2.45, 2.75) is 11.7 Å². The Bertz CT molecular complexity index is 1300. The van der Waals surface area contributed by atoms with Crippen molar-refractivity contribution < 1.29 is 0 Å². The third-order valence-corrected chi connectivity index (χ3v) is 4.71. The summed E-state index contributed by atoms with van der Waals surface area (Å²) in [4.78, 5) is 38.3. The zero-order valence-electron chi connectivity index (χ0n) is 15.0. The van der Waals surface area contributed by atoms with E-state index in [1.807, 2.05) is 6.26 Å². The molecule has 0 unspecified atom stereocenters. The summed E-state index contributed by atoms with van der Waals surface area (Å²) in [5.41, 5.74) is 0.0304. The highest BCUT2D eigenvalue weighted by molar-refractivity contribution is 7.98. The highest BCUT2D eigenvalue weighted by atomic mass is 32.2. The monoisotopic (exact) mass is 392 g/mol. The molecule has 0 saturated carbocycles. The van der Waals surface area contributed by atoms with E-state index in [1.165, 1.54) is 33.3 Å². The third-order valence-electron chi connectivity index (χ3n) is 4.14. The largest absolute Gasteiger partial charge is 0.278 e. The molecule has 4 heterocycles. The Morgan fingerprint density at radius 2 is 1.93 bits per heavy atom. The predicted molar refractivity (Wildman–Crippen MR) is 108 cm³/mol. The molecule has 0 bridgehead atoms. The van der Waals surface area contributed by atoms with Crippen LogP contribution < -0.4 is 11.1 Å². The molecule has 0 N–H and O–H groups in total. The summed E-state index contributed by atoms with van der Waals surface area (Å²) >= 11 is 1.39. The quantitative estimate of drug-likeness (QED) is 0.293. The number of hydrogen-bond acceptors (Lipinski definition) is 6. The zero-order chi connectivity index (χ0) is 19.7. The van der Waals surface area contributed by atoms with E-state index in [4.69, 9.17) is 0 Å². The van der Waals surface area contributed by atoms with E-state index in [9.17, 15) is 9.59 Å². The molecule has 0 spiro atoms. The molecule has 0 radical (unpaired) electrons. The number of thioether (sulfide) groups is 1. The molecular formula is C19H16N6O2S. The molecule has 28 heavy (non-hydrogen) atoms. The van der Waals surface area contributed by atoms with E-state index in [2.05, 4.69) is 21.5 Å². The summed E-state index contributed by atoms with van der Waals surface area (Å²) in [5.74, 6) is 0.912. The molecule has 0 saturated heterocycles. The number of pyridine rings is 2. The maximum Gasteiger partial charge on any atom is 0.278 e. The summed E-state index contributed by atoms with van der Waals surface area (Å²) in [7, 11) is 0. The van der Waals surface area contributed by atoms with Gasteiger partial charge in [-0.3, -0.25) is 14.2 Å². The SMILES string of the molecule is C=CCn1c(=O)c2cnc(SC)nc2n1-c1cccc(-n2ccccc2=O)n1. The summed E-state index contributed by atoms with van der Waals surface area (Å²) in [6.45, 7) is 4.01. The molecule has 0 aromatic carbocycles. The van der Waals surface area contributed by atoms with Crippen molar-refractivity contribution in [2.75, 3.05) is 6.26 Å². The van der Waals surface area contributed by atoms with Gasteiger partial charge in [-0.1, -0.05) is 30.0 Å². The Labute approximate surface area is 163 Å². The number of nitrogens with zero attached hydrogens (tertiary/aromatic N) is 6. The maximum absolute atomic E-state index is 12.8. The average molecular weight is 392 g/mol. The van der Waals surface area contributed by atoms with E-state index in [1.54, 1.807) is 47.3 Å². The van der Waals surface area contributed by atoms with E-state index >= 15 is 0 Å². The smallest absolute Gasteiger partial charge is 0.269 e. The van der Waals surface area contributed by atoms with Gasteiger partial charge in [-0.15, -0.1) is 6.58 Å². The van der Waals surface area contributed by atoms with Crippen molar-refractivity contribution in [1.29, 1.82) is 0 Å². The van der Waals surface area contributed by atoms with Crippen molar-refractivity contribution in [1.82, 2.24) is 28.9 Å². The van der Waals surface area contributed by atoms with Gasteiger partial charge in [0, 0.05) is 18.5 Å². The molecule has 0 aliphatic rings. The number of hydrogen-bond donors (Lipinski definition) is 0. The van der Waals surface area contributed by atoms with Crippen LogP contribution in [0.4, 0.5) is 0 Å². The Morgan fingerprint density at radius 1 is 1.11 bits per heavy atom. The molecule has 4 aromatic rings. The van der Waals surface area contributed by atoms with E-state index in [0.29, 0.717) is 27.8 Å². The first-order valence-corrected chi connectivity index (χ1v) is 9.65.